The normalized spacial score (nSPS) is 23.3. The summed E-state index contributed by atoms with van der Waals surface area (Å²) < 4.78 is 4.81. The highest BCUT2D eigenvalue weighted by molar-refractivity contribution is 5.89. The molecule has 134 valence electrons. The van der Waals surface area contributed by atoms with E-state index in [4.69, 9.17) is 4.74 Å². The van der Waals surface area contributed by atoms with Gasteiger partial charge in [-0.3, -0.25) is 0 Å². The quantitative estimate of drug-likeness (QED) is 0.595. The molecular formula is C23H25NO2. The van der Waals surface area contributed by atoms with Gasteiger partial charge in [0.15, 0.2) is 0 Å². The lowest BCUT2D eigenvalue weighted by atomic mass is 9.75. The van der Waals surface area contributed by atoms with E-state index in [9.17, 15) is 4.79 Å². The predicted octanol–water partition coefficient (Wildman–Crippen LogP) is 5.42. The number of carbonyl (C=O) groups excluding carboxylic acids is 1. The number of hydrogen-bond acceptors (Lipinski definition) is 3. The van der Waals surface area contributed by atoms with Crippen LogP contribution in [0.4, 0.5) is 5.69 Å². The molecule has 0 saturated heterocycles. The smallest absolute Gasteiger partial charge is 0.337 e. The summed E-state index contributed by atoms with van der Waals surface area (Å²) in [5.74, 6) is 1.15. The number of nitrogens with one attached hydrogen (secondary N) is 1. The number of fused-ring (bicyclic) bond motifs is 3. The van der Waals surface area contributed by atoms with E-state index in [0.717, 1.165) is 6.42 Å². The van der Waals surface area contributed by atoms with Gasteiger partial charge in [0.05, 0.1) is 18.7 Å². The van der Waals surface area contributed by atoms with E-state index in [0.29, 0.717) is 23.3 Å². The first-order chi connectivity index (χ1) is 12.6. The highest BCUT2D eigenvalue weighted by Gasteiger charge is 2.38. The lowest BCUT2D eigenvalue weighted by Gasteiger charge is -2.39. The van der Waals surface area contributed by atoms with E-state index in [2.05, 4.69) is 61.6 Å². The van der Waals surface area contributed by atoms with Crippen molar-refractivity contribution in [1.82, 2.24) is 0 Å². The van der Waals surface area contributed by atoms with Crippen molar-refractivity contribution in [3.8, 4) is 0 Å². The molecule has 4 rings (SSSR count). The van der Waals surface area contributed by atoms with Gasteiger partial charge in [0.25, 0.3) is 0 Å². The van der Waals surface area contributed by atoms with Crippen LogP contribution in [-0.4, -0.2) is 13.1 Å². The second-order valence-corrected chi connectivity index (χ2v) is 7.56. The largest absolute Gasteiger partial charge is 0.465 e. The summed E-state index contributed by atoms with van der Waals surface area (Å²) in [7, 11) is 1.41. The van der Waals surface area contributed by atoms with Gasteiger partial charge in [-0.05, 0) is 47.1 Å². The predicted molar refractivity (Wildman–Crippen MR) is 105 cm³/mol. The van der Waals surface area contributed by atoms with Crippen LogP contribution >= 0.6 is 0 Å². The second kappa shape index (κ2) is 6.64. The lowest BCUT2D eigenvalue weighted by molar-refractivity contribution is 0.0600. The van der Waals surface area contributed by atoms with Crippen molar-refractivity contribution in [3.63, 3.8) is 0 Å². The molecule has 2 aromatic carbocycles. The van der Waals surface area contributed by atoms with Crippen LogP contribution < -0.4 is 5.32 Å². The molecule has 3 nitrogen and oxygen atoms in total. The first kappa shape index (κ1) is 16.9. The molecular weight excluding hydrogens is 322 g/mol. The summed E-state index contributed by atoms with van der Waals surface area (Å²) in [6.07, 6.45) is 5.75. The van der Waals surface area contributed by atoms with Crippen LogP contribution in [-0.2, 0) is 4.74 Å². The first-order valence-corrected chi connectivity index (χ1v) is 9.34. The highest BCUT2D eigenvalue weighted by atomic mass is 16.5. The SMILES string of the molecule is COC(=O)c1ccc([C@@H]2Nc3c(C(C)C)cccc3[C@@H]3C=CC[C@@H]32)cc1. The topological polar surface area (TPSA) is 38.3 Å². The molecule has 1 heterocycles. The fraction of sp³-hybridized carbons (Fsp3) is 0.348. The molecule has 3 heteroatoms. The Bertz CT molecular complexity index is 851. The molecule has 2 aromatic rings. The first-order valence-electron chi connectivity index (χ1n) is 9.34. The van der Waals surface area contributed by atoms with Gasteiger partial charge in [-0.15, -0.1) is 0 Å². The van der Waals surface area contributed by atoms with Crippen LogP contribution in [0.5, 0.6) is 0 Å². The standard InChI is InChI=1S/C23H25NO2/c1-14(2)17-6-4-9-20-18-7-5-8-19(18)21(24-22(17)20)15-10-12-16(13-11-15)23(25)26-3/h4-7,9-14,18-19,21,24H,8H2,1-3H3/t18-,19+,21+/m1/s1. The Morgan fingerprint density at radius 1 is 1.15 bits per heavy atom. The number of anilines is 1. The lowest BCUT2D eigenvalue weighted by Crippen LogP contribution is -2.30. The fourth-order valence-corrected chi connectivity index (χ4v) is 4.40. The highest BCUT2D eigenvalue weighted by Crippen LogP contribution is 2.51. The van der Waals surface area contributed by atoms with Crippen molar-refractivity contribution in [3.05, 3.63) is 76.9 Å². The number of benzene rings is 2. The van der Waals surface area contributed by atoms with E-state index >= 15 is 0 Å². The number of allylic oxidation sites excluding steroid dienone is 2. The number of para-hydroxylation sites is 1. The van der Waals surface area contributed by atoms with E-state index in [-0.39, 0.29) is 12.0 Å². The Kier molecular flexibility index (Phi) is 4.31. The molecule has 0 unspecified atom stereocenters. The zero-order valence-electron chi connectivity index (χ0n) is 15.5. The van der Waals surface area contributed by atoms with Gasteiger partial charge in [0.2, 0.25) is 0 Å². The number of rotatable bonds is 3. The average Bonchev–Trinajstić information content (AvgIpc) is 3.16. The molecule has 1 N–H and O–H groups in total. The van der Waals surface area contributed by atoms with Crippen LogP contribution in [0.1, 0.15) is 65.2 Å². The van der Waals surface area contributed by atoms with Crippen LogP contribution in [0, 0.1) is 5.92 Å². The molecule has 0 aromatic heterocycles. The molecule has 1 aliphatic heterocycles. The Hall–Kier alpha value is -2.55. The van der Waals surface area contributed by atoms with E-state index in [1.807, 2.05) is 12.1 Å². The third kappa shape index (κ3) is 2.72. The maximum Gasteiger partial charge on any atom is 0.337 e. The number of methoxy groups -OCH3 is 1. The van der Waals surface area contributed by atoms with Crippen molar-refractivity contribution in [2.45, 2.75) is 38.1 Å². The van der Waals surface area contributed by atoms with Crippen LogP contribution in [0.3, 0.4) is 0 Å². The zero-order valence-corrected chi connectivity index (χ0v) is 15.5. The van der Waals surface area contributed by atoms with E-state index < -0.39 is 0 Å². The minimum absolute atomic E-state index is 0.245. The molecule has 0 radical (unpaired) electrons. The van der Waals surface area contributed by atoms with Gasteiger partial charge in [0.1, 0.15) is 0 Å². The van der Waals surface area contributed by atoms with E-state index in [1.54, 1.807) is 0 Å². The summed E-state index contributed by atoms with van der Waals surface area (Å²) in [5, 5.41) is 3.84. The third-order valence-electron chi connectivity index (χ3n) is 5.74. The van der Waals surface area contributed by atoms with Crippen LogP contribution in [0.15, 0.2) is 54.6 Å². The van der Waals surface area contributed by atoms with Crippen LogP contribution in [0.2, 0.25) is 0 Å². The summed E-state index contributed by atoms with van der Waals surface area (Å²) in [4.78, 5) is 11.7. The number of hydrogen-bond donors (Lipinski definition) is 1. The van der Waals surface area contributed by atoms with Gasteiger partial charge in [-0.1, -0.05) is 56.3 Å². The van der Waals surface area contributed by atoms with Crippen molar-refractivity contribution < 1.29 is 9.53 Å². The van der Waals surface area contributed by atoms with Gasteiger partial charge in [-0.2, -0.15) is 0 Å². The Morgan fingerprint density at radius 2 is 1.92 bits per heavy atom. The zero-order chi connectivity index (χ0) is 18.3. The molecule has 26 heavy (non-hydrogen) atoms. The summed E-state index contributed by atoms with van der Waals surface area (Å²) in [6, 6.07) is 14.8. The van der Waals surface area contributed by atoms with Crippen molar-refractivity contribution in [2.24, 2.45) is 5.92 Å². The monoisotopic (exact) mass is 347 g/mol. The molecule has 1 aliphatic carbocycles. The second-order valence-electron chi connectivity index (χ2n) is 7.56. The van der Waals surface area contributed by atoms with Crippen molar-refractivity contribution >= 4 is 11.7 Å². The van der Waals surface area contributed by atoms with Crippen molar-refractivity contribution in [1.29, 1.82) is 0 Å². The molecule has 0 fully saturated rings. The molecule has 0 saturated carbocycles. The Balaban J connectivity index is 1.74. The Morgan fingerprint density at radius 3 is 2.62 bits per heavy atom. The minimum Gasteiger partial charge on any atom is -0.465 e. The summed E-state index contributed by atoms with van der Waals surface area (Å²) >= 11 is 0. The van der Waals surface area contributed by atoms with Crippen LogP contribution in [0.25, 0.3) is 0 Å². The van der Waals surface area contributed by atoms with Gasteiger partial charge in [0, 0.05) is 11.6 Å². The molecule has 3 atom stereocenters. The molecule has 0 bridgehead atoms. The molecule has 0 amide bonds. The summed E-state index contributed by atoms with van der Waals surface area (Å²) in [6.45, 7) is 4.49. The fourth-order valence-electron chi connectivity index (χ4n) is 4.40. The molecule has 0 spiro atoms. The maximum atomic E-state index is 11.7. The number of carbonyl (C=O) groups is 1. The molecule has 2 aliphatic rings. The van der Waals surface area contributed by atoms with Crippen molar-refractivity contribution in [2.75, 3.05) is 12.4 Å². The third-order valence-corrected chi connectivity index (χ3v) is 5.74. The Labute approximate surface area is 155 Å². The number of ether oxygens (including phenoxy) is 1. The average molecular weight is 347 g/mol. The van der Waals surface area contributed by atoms with Gasteiger partial charge >= 0.3 is 5.97 Å². The number of esters is 1. The van der Waals surface area contributed by atoms with Gasteiger partial charge in [-0.25, -0.2) is 4.79 Å². The van der Waals surface area contributed by atoms with E-state index in [1.165, 1.54) is 29.5 Å². The summed E-state index contributed by atoms with van der Waals surface area (Å²) in [5.41, 5.74) is 5.89. The minimum atomic E-state index is -0.291. The maximum absolute atomic E-state index is 11.7. The van der Waals surface area contributed by atoms with Gasteiger partial charge < -0.3 is 10.1 Å².